The molecule has 0 aliphatic carbocycles. The van der Waals surface area contributed by atoms with Gasteiger partial charge in [-0.05, 0) is 30.7 Å². The van der Waals surface area contributed by atoms with Gasteiger partial charge in [-0.3, -0.25) is 10.3 Å². The van der Waals surface area contributed by atoms with Crippen molar-refractivity contribution in [3.63, 3.8) is 0 Å². The molecule has 1 aromatic carbocycles. The Morgan fingerprint density at radius 2 is 1.90 bits per heavy atom. The molecule has 0 spiro atoms. The Morgan fingerprint density at radius 3 is 2.48 bits per heavy atom. The number of ether oxygens (including phenoxy) is 1. The van der Waals surface area contributed by atoms with Gasteiger partial charge in [-0.15, -0.1) is 0 Å². The Hall–Kier alpha value is -1.59. The van der Waals surface area contributed by atoms with E-state index in [1.54, 1.807) is 7.11 Å². The molecule has 0 radical (unpaired) electrons. The minimum Gasteiger partial charge on any atom is -0.496 e. The van der Waals surface area contributed by atoms with Crippen LogP contribution >= 0.6 is 0 Å². The van der Waals surface area contributed by atoms with Crippen LogP contribution < -0.4 is 10.5 Å². The van der Waals surface area contributed by atoms with Crippen molar-refractivity contribution in [3.8, 4) is 5.75 Å². The molecule has 1 aromatic rings. The van der Waals surface area contributed by atoms with Crippen LogP contribution in [0.2, 0.25) is 0 Å². The maximum absolute atomic E-state index is 7.55. The number of piperazine rings is 1. The predicted molar refractivity (Wildman–Crippen MR) is 86.0 cm³/mol. The monoisotopic (exact) mass is 290 g/mol. The van der Waals surface area contributed by atoms with E-state index in [4.69, 9.17) is 15.9 Å². The SMILES string of the molecule is CCCN1CCN(Cc2ccc(C(=N)N)c(OC)c2)CC1. The van der Waals surface area contributed by atoms with Crippen molar-refractivity contribution in [2.45, 2.75) is 19.9 Å². The number of amidine groups is 1. The zero-order chi connectivity index (χ0) is 15.2. The van der Waals surface area contributed by atoms with E-state index in [0.29, 0.717) is 11.3 Å². The lowest BCUT2D eigenvalue weighted by Crippen LogP contribution is -2.45. The van der Waals surface area contributed by atoms with E-state index < -0.39 is 0 Å². The van der Waals surface area contributed by atoms with E-state index >= 15 is 0 Å². The van der Waals surface area contributed by atoms with Crippen LogP contribution in [0, 0.1) is 5.41 Å². The number of nitrogens with one attached hydrogen (secondary N) is 1. The molecule has 3 N–H and O–H groups in total. The largest absolute Gasteiger partial charge is 0.496 e. The smallest absolute Gasteiger partial charge is 0.130 e. The first-order valence-corrected chi connectivity index (χ1v) is 7.60. The Morgan fingerprint density at radius 1 is 1.24 bits per heavy atom. The molecular formula is C16H26N4O. The van der Waals surface area contributed by atoms with Crippen LogP contribution in [0.15, 0.2) is 18.2 Å². The molecule has 1 fully saturated rings. The van der Waals surface area contributed by atoms with Crippen molar-refractivity contribution >= 4 is 5.84 Å². The highest BCUT2D eigenvalue weighted by atomic mass is 16.5. The Bertz CT molecular complexity index is 481. The minimum absolute atomic E-state index is 0.0478. The fraction of sp³-hybridized carbons (Fsp3) is 0.562. The van der Waals surface area contributed by atoms with Crippen molar-refractivity contribution in [2.75, 3.05) is 39.8 Å². The summed E-state index contributed by atoms with van der Waals surface area (Å²) in [7, 11) is 1.62. The van der Waals surface area contributed by atoms with Gasteiger partial charge in [-0.1, -0.05) is 13.0 Å². The number of nitrogen functional groups attached to an aromatic ring is 1. The standard InChI is InChI=1S/C16H26N4O/c1-3-6-19-7-9-20(10-8-19)12-13-4-5-14(16(17)18)15(11-13)21-2/h4-5,11H,3,6-10,12H2,1-2H3,(H3,17,18). The first-order chi connectivity index (χ1) is 10.1. The van der Waals surface area contributed by atoms with Crippen molar-refractivity contribution in [2.24, 2.45) is 5.73 Å². The number of benzene rings is 1. The zero-order valence-electron chi connectivity index (χ0n) is 13.1. The van der Waals surface area contributed by atoms with E-state index in [2.05, 4.69) is 16.7 Å². The van der Waals surface area contributed by atoms with E-state index in [1.807, 2.05) is 18.2 Å². The molecule has 0 bridgehead atoms. The summed E-state index contributed by atoms with van der Waals surface area (Å²) in [4.78, 5) is 4.99. The van der Waals surface area contributed by atoms with E-state index in [9.17, 15) is 0 Å². The quantitative estimate of drug-likeness (QED) is 0.615. The Labute approximate surface area is 127 Å². The van der Waals surface area contributed by atoms with Gasteiger partial charge in [-0.2, -0.15) is 0 Å². The lowest BCUT2D eigenvalue weighted by atomic mass is 10.1. The molecule has 0 amide bonds. The van der Waals surface area contributed by atoms with Crippen LogP contribution in [-0.4, -0.2) is 55.5 Å². The van der Waals surface area contributed by atoms with Crippen molar-refractivity contribution in [1.82, 2.24) is 9.80 Å². The molecule has 1 aliphatic heterocycles. The molecule has 5 nitrogen and oxygen atoms in total. The highest BCUT2D eigenvalue weighted by Gasteiger charge is 2.16. The van der Waals surface area contributed by atoms with Crippen LogP contribution in [0.25, 0.3) is 0 Å². The summed E-state index contributed by atoms with van der Waals surface area (Å²) in [5.74, 6) is 0.733. The minimum atomic E-state index is 0.0478. The first-order valence-electron chi connectivity index (χ1n) is 7.60. The Balaban J connectivity index is 1.96. The summed E-state index contributed by atoms with van der Waals surface area (Å²) in [6.45, 7) is 8.87. The van der Waals surface area contributed by atoms with E-state index in [1.165, 1.54) is 18.5 Å². The fourth-order valence-electron chi connectivity index (χ4n) is 2.80. The van der Waals surface area contributed by atoms with Gasteiger partial charge in [0.15, 0.2) is 0 Å². The lowest BCUT2D eigenvalue weighted by Gasteiger charge is -2.34. The van der Waals surface area contributed by atoms with Gasteiger partial charge in [0, 0.05) is 32.7 Å². The number of rotatable bonds is 6. The second-order valence-corrected chi connectivity index (χ2v) is 5.57. The molecule has 5 heteroatoms. The maximum Gasteiger partial charge on any atom is 0.130 e. The first kappa shape index (κ1) is 15.8. The van der Waals surface area contributed by atoms with Gasteiger partial charge in [-0.25, -0.2) is 0 Å². The molecule has 1 saturated heterocycles. The summed E-state index contributed by atoms with van der Waals surface area (Å²) < 4.78 is 5.34. The van der Waals surface area contributed by atoms with Crippen LogP contribution in [0.3, 0.4) is 0 Å². The number of hydrogen-bond acceptors (Lipinski definition) is 4. The van der Waals surface area contributed by atoms with Gasteiger partial charge in [0.05, 0.1) is 12.7 Å². The van der Waals surface area contributed by atoms with Gasteiger partial charge in [0.25, 0.3) is 0 Å². The normalized spacial score (nSPS) is 16.9. The summed E-state index contributed by atoms with van der Waals surface area (Å²) in [5.41, 5.74) is 7.43. The molecule has 2 rings (SSSR count). The molecule has 0 saturated carbocycles. The highest BCUT2D eigenvalue weighted by molar-refractivity contribution is 5.97. The van der Waals surface area contributed by atoms with Gasteiger partial charge < -0.3 is 15.4 Å². The highest BCUT2D eigenvalue weighted by Crippen LogP contribution is 2.21. The van der Waals surface area contributed by atoms with Crippen LogP contribution in [0.5, 0.6) is 5.75 Å². The van der Waals surface area contributed by atoms with Crippen LogP contribution in [-0.2, 0) is 6.54 Å². The number of hydrogen-bond donors (Lipinski definition) is 2. The lowest BCUT2D eigenvalue weighted by molar-refractivity contribution is 0.127. The average molecular weight is 290 g/mol. The number of nitrogens with zero attached hydrogens (tertiary/aromatic N) is 2. The molecule has 0 atom stereocenters. The van der Waals surface area contributed by atoms with Gasteiger partial charge in [0.1, 0.15) is 11.6 Å². The van der Waals surface area contributed by atoms with E-state index in [-0.39, 0.29) is 5.84 Å². The topological polar surface area (TPSA) is 65.6 Å². The Kier molecular flexibility index (Phi) is 5.59. The summed E-state index contributed by atoms with van der Waals surface area (Å²) in [6.07, 6.45) is 1.23. The molecular weight excluding hydrogens is 264 g/mol. The maximum atomic E-state index is 7.55. The average Bonchev–Trinajstić information content (AvgIpc) is 2.49. The number of nitrogens with two attached hydrogens (primary N) is 1. The third-order valence-electron chi connectivity index (χ3n) is 3.97. The van der Waals surface area contributed by atoms with Crippen molar-refractivity contribution in [1.29, 1.82) is 5.41 Å². The van der Waals surface area contributed by atoms with Crippen LogP contribution in [0.4, 0.5) is 0 Å². The molecule has 116 valence electrons. The summed E-state index contributed by atoms with van der Waals surface area (Å²) in [6, 6.07) is 5.91. The summed E-state index contributed by atoms with van der Waals surface area (Å²) in [5, 5.41) is 7.55. The molecule has 0 unspecified atom stereocenters. The third kappa shape index (κ3) is 4.19. The predicted octanol–water partition coefficient (Wildman–Crippen LogP) is 1.51. The summed E-state index contributed by atoms with van der Waals surface area (Å²) >= 11 is 0. The molecule has 1 aliphatic rings. The second kappa shape index (κ2) is 7.43. The van der Waals surface area contributed by atoms with Crippen LogP contribution in [0.1, 0.15) is 24.5 Å². The molecule has 21 heavy (non-hydrogen) atoms. The second-order valence-electron chi connectivity index (χ2n) is 5.57. The number of methoxy groups -OCH3 is 1. The zero-order valence-corrected chi connectivity index (χ0v) is 13.1. The van der Waals surface area contributed by atoms with Gasteiger partial charge >= 0.3 is 0 Å². The van der Waals surface area contributed by atoms with Crippen molar-refractivity contribution < 1.29 is 4.74 Å². The molecule has 0 aromatic heterocycles. The van der Waals surface area contributed by atoms with E-state index in [0.717, 1.165) is 32.7 Å². The fourth-order valence-corrected chi connectivity index (χ4v) is 2.80. The molecule has 1 heterocycles. The van der Waals surface area contributed by atoms with Gasteiger partial charge in [0.2, 0.25) is 0 Å². The van der Waals surface area contributed by atoms with Crippen molar-refractivity contribution in [3.05, 3.63) is 29.3 Å². The third-order valence-corrected chi connectivity index (χ3v) is 3.97.